The molecule has 1 aliphatic heterocycles. The number of piperidine rings is 1. The van der Waals surface area contributed by atoms with Crippen LogP contribution in [0.2, 0.25) is 0 Å². The number of anilines is 1. The van der Waals surface area contributed by atoms with Crippen molar-refractivity contribution in [2.24, 2.45) is 5.92 Å². The van der Waals surface area contributed by atoms with Gasteiger partial charge in [0.1, 0.15) is 9.71 Å². The summed E-state index contributed by atoms with van der Waals surface area (Å²) in [4.78, 5) is 21.5. The van der Waals surface area contributed by atoms with Crippen LogP contribution < -0.4 is 5.73 Å². The van der Waals surface area contributed by atoms with Crippen molar-refractivity contribution in [2.75, 3.05) is 18.8 Å². The number of likely N-dealkylation sites (tertiary alicyclic amines) is 1. The number of carbonyl (C=O) groups is 1. The minimum atomic E-state index is 0.0422. The highest BCUT2D eigenvalue weighted by Crippen LogP contribution is 2.35. The Balaban J connectivity index is 1.31. The topological polar surface area (TPSA) is 59.2 Å². The van der Waals surface area contributed by atoms with Crippen molar-refractivity contribution in [1.82, 2.24) is 9.88 Å². The summed E-state index contributed by atoms with van der Waals surface area (Å²) < 4.78 is 0. The van der Waals surface area contributed by atoms with Gasteiger partial charge in [-0.3, -0.25) is 4.79 Å². The molecule has 5 heteroatoms. The minimum Gasteiger partial charge on any atom is -0.397 e. The zero-order valence-electron chi connectivity index (χ0n) is 18.3. The van der Waals surface area contributed by atoms with Crippen molar-refractivity contribution in [3.63, 3.8) is 0 Å². The first kappa shape index (κ1) is 20.7. The number of hydrogen-bond donors (Lipinski definition) is 1. The first-order valence-electron chi connectivity index (χ1n) is 11.2. The van der Waals surface area contributed by atoms with Gasteiger partial charge in [0.15, 0.2) is 0 Å². The second-order valence-electron chi connectivity index (χ2n) is 8.69. The van der Waals surface area contributed by atoms with E-state index in [1.165, 1.54) is 22.5 Å². The maximum absolute atomic E-state index is 13.3. The quantitative estimate of drug-likeness (QED) is 0.426. The summed E-state index contributed by atoms with van der Waals surface area (Å²) in [5, 5.41) is 0.869. The van der Waals surface area contributed by atoms with Crippen molar-refractivity contribution in [3.05, 3.63) is 82.7 Å². The lowest BCUT2D eigenvalue weighted by Gasteiger charge is -2.32. The van der Waals surface area contributed by atoms with Crippen LogP contribution in [0.4, 0.5) is 5.69 Å². The summed E-state index contributed by atoms with van der Waals surface area (Å²) in [5.74, 6) is 0.667. The molecule has 5 rings (SSSR count). The predicted octanol–water partition coefficient (Wildman–Crippen LogP) is 5.95. The number of rotatable bonds is 4. The first-order valence-corrected chi connectivity index (χ1v) is 12.0. The van der Waals surface area contributed by atoms with Gasteiger partial charge in [0, 0.05) is 24.0 Å². The molecule has 0 aliphatic carbocycles. The number of carbonyl (C=O) groups excluding carboxylic acids is 1. The molecule has 0 spiro atoms. The molecule has 162 valence electrons. The first-order chi connectivity index (χ1) is 15.6. The van der Waals surface area contributed by atoms with Gasteiger partial charge in [-0.05, 0) is 49.8 Å². The Morgan fingerprint density at radius 1 is 1.03 bits per heavy atom. The second-order valence-corrected chi connectivity index (χ2v) is 9.68. The third-order valence-corrected chi connectivity index (χ3v) is 7.51. The summed E-state index contributed by atoms with van der Waals surface area (Å²) in [6, 6.07) is 22.9. The molecule has 32 heavy (non-hydrogen) atoms. The number of nitrogens with zero attached hydrogens (tertiary/aromatic N) is 2. The Bertz CT molecular complexity index is 1240. The smallest absolute Gasteiger partial charge is 0.266 e. The summed E-state index contributed by atoms with van der Waals surface area (Å²) in [7, 11) is 0. The highest BCUT2D eigenvalue weighted by Gasteiger charge is 2.27. The Labute approximate surface area is 192 Å². The minimum absolute atomic E-state index is 0.0422. The van der Waals surface area contributed by atoms with Gasteiger partial charge in [-0.15, -0.1) is 11.3 Å². The number of aromatic nitrogens is 1. The number of nitrogen functional groups attached to an aromatic ring is 1. The van der Waals surface area contributed by atoms with Crippen LogP contribution in [-0.4, -0.2) is 28.9 Å². The Morgan fingerprint density at radius 3 is 2.47 bits per heavy atom. The third-order valence-electron chi connectivity index (χ3n) is 6.40. The SMILES string of the molecule is Cc1ccc(-c2ccc3c(N)c(C(=O)N4CCC(Cc5ccccc5)CC4)sc3n2)cc1. The molecular weight excluding hydrogens is 414 g/mol. The molecule has 0 atom stereocenters. The number of amides is 1. The van der Waals surface area contributed by atoms with E-state index in [4.69, 9.17) is 10.7 Å². The van der Waals surface area contributed by atoms with Gasteiger partial charge in [0.25, 0.3) is 5.91 Å². The fourth-order valence-electron chi connectivity index (χ4n) is 4.47. The van der Waals surface area contributed by atoms with Crippen LogP contribution in [0.25, 0.3) is 21.5 Å². The lowest BCUT2D eigenvalue weighted by Crippen LogP contribution is -2.38. The van der Waals surface area contributed by atoms with E-state index in [2.05, 4.69) is 61.5 Å². The van der Waals surface area contributed by atoms with Crippen LogP contribution in [0.15, 0.2) is 66.7 Å². The molecule has 2 N–H and O–H groups in total. The molecule has 0 unspecified atom stereocenters. The molecule has 0 saturated carbocycles. The van der Waals surface area contributed by atoms with E-state index in [1.807, 2.05) is 17.0 Å². The Hall–Kier alpha value is -3.18. The van der Waals surface area contributed by atoms with E-state index in [-0.39, 0.29) is 5.91 Å². The van der Waals surface area contributed by atoms with Crippen LogP contribution in [-0.2, 0) is 6.42 Å². The lowest BCUT2D eigenvalue weighted by molar-refractivity contribution is 0.0696. The standard InChI is InChI=1S/C27H27N3OS/c1-18-7-9-21(10-8-18)23-12-11-22-24(28)25(32-26(22)29-23)27(31)30-15-13-20(14-16-30)17-19-5-3-2-4-6-19/h2-12,20H,13-17,28H2,1H3. The van der Waals surface area contributed by atoms with Gasteiger partial charge < -0.3 is 10.6 Å². The zero-order valence-corrected chi connectivity index (χ0v) is 19.1. The molecule has 1 fully saturated rings. The molecule has 3 heterocycles. The number of aryl methyl sites for hydroxylation is 1. The average Bonchev–Trinajstić information content (AvgIpc) is 3.16. The van der Waals surface area contributed by atoms with E-state index in [1.54, 1.807) is 0 Å². The molecule has 1 aliphatic rings. The fraction of sp³-hybridized carbons (Fsp3) is 0.259. The van der Waals surface area contributed by atoms with Crippen molar-refractivity contribution in [3.8, 4) is 11.3 Å². The molecular formula is C27H27N3OS. The average molecular weight is 442 g/mol. The fourth-order valence-corrected chi connectivity index (χ4v) is 5.53. The van der Waals surface area contributed by atoms with E-state index >= 15 is 0 Å². The molecule has 2 aromatic carbocycles. The third kappa shape index (κ3) is 4.13. The van der Waals surface area contributed by atoms with Gasteiger partial charge in [-0.25, -0.2) is 4.98 Å². The summed E-state index contributed by atoms with van der Waals surface area (Å²) in [5.41, 5.74) is 11.5. The van der Waals surface area contributed by atoms with Gasteiger partial charge >= 0.3 is 0 Å². The summed E-state index contributed by atoms with van der Waals surface area (Å²) >= 11 is 1.41. The number of nitrogens with two attached hydrogens (primary N) is 1. The molecule has 1 saturated heterocycles. The van der Waals surface area contributed by atoms with Gasteiger partial charge in [0.05, 0.1) is 11.4 Å². The van der Waals surface area contributed by atoms with Crippen LogP contribution in [0, 0.1) is 12.8 Å². The number of benzene rings is 2. The molecule has 4 aromatic rings. The van der Waals surface area contributed by atoms with Crippen molar-refractivity contribution < 1.29 is 4.79 Å². The van der Waals surface area contributed by atoms with Gasteiger partial charge in [0.2, 0.25) is 0 Å². The summed E-state index contributed by atoms with van der Waals surface area (Å²) in [6.45, 7) is 3.64. The normalized spacial score (nSPS) is 14.7. The number of fused-ring (bicyclic) bond motifs is 1. The lowest BCUT2D eigenvalue weighted by atomic mass is 9.90. The molecule has 1 amide bonds. The number of pyridine rings is 1. The van der Waals surface area contributed by atoms with E-state index in [0.717, 1.165) is 53.8 Å². The predicted molar refractivity (Wildman–Crippen MR) is 133 cm³/mol. The number of thiophene rings is 1. The van der Waals surface area contributed by atoms with Crippen molar-refractivity contribution >= 4 is 33.1 Å². The van der Waals surface area contributed by atoms with Crippen molar-refractivity contribution in [1.29, 1.82) is 0 Å². The molecule has 2 aromatic heterocycles. The zero-order chi connectivity index (χ0) is 22.1. The van der Waals surface area contributed by atoms with Gasteiger partial charge in [-0.2, -0.15) is 0 Å². The Kier molecular flexibility index (Phi) is 5.66. The Morgan fingerprint density at radius 2 is 1.75 bits per heavy atom. The maximum atomic E-state index is 13.3. The van der Waals surface area contributed by atoms with E-state index in [0.29, 0.717) is 16.5 Å². The van der Waals surface area contributed by atoms with Crippen LogP contribution in [0.1, 0.15) is 33.6 Å². The highest BCUT2D eigenvalue weighted by molar-refractivity contribution is 7.21. The maximum Gasteiger partial charge on any atom is 0.266 e. The van der Waals surface area contributed by atoms with Crippen LogP contribution >= 0.6 is 11.3 Å². The van der Waals surface area contributed by atoms with Crippen LogP contribution in [0.3, 0.4) is 0 Å². The monoisotopic (exact) mass is 441 g/mol. The second kappa shape index (κ2) is 8.75. The number of hydrogen-bond acceptors (Lipinski definition) is 4. The van der Waals surface area contributed by atoms with Gasteiger partial charge in [-0.1, -0.05) is 60.2 Å². The summed E-state index contributed by atoms with van der Waals surface area (Å²) in [6.07, 6.45) is 3.14. The highest BCUT2D eigenvalue weighted by atomic mass is 32.1. The van der Waals surface area contributed by atoms with E-state index < -0.39 is 0 Å². The molecule has 0 bridgehead atoms. The molecule has 0 radical (unpaired) electrons. The van der Waals surface area contributed by atoms with E-state index in [9.17, 15) is 4.79 Å². The molecule has 4 nitrogen and oxygen atoms in total. The van der Waals surface area contributed by atoms with Crippen LogP contribution in [0.5, 0.6) is 0 Å². The van der Waals surface area contributed by atoms with Crippen molar-refractivity contribution in [2.45, 2.75) is 26.2 Å². The largest absolute Gasteiger partial charge is 0.397 e.